The number of H-pyrrole nitrogens is 2. The van der Waals surface area contributed by atoms with E-state index in [4.69, 9.17) is 4.74 Å². The number of carbonyl (C=O) groups is 1. The van der Waals surface area contributed by atoms with Gasteiger partial charge in [0.1, 0.15) is 5.82 Å². The summed E-state index contributed by atoms with van der Waals surface area (Å²) < 4.78 is 7.30. The molecule has 1 aromatic carbocycles. The number of nitrogens with zero attached hydrogens (tertiary/aromatic N) is 5. The monoisotopic (exact) mass is 527 g/mol. The normalized spacial score (nSPS) is 17.2. The lowest BCUT2D eigenvalue weighted by Crippen LogP contribution is -2.45. The fraction of sp³-hybridized carbons (Fsp3) is 0.379. The summed E-state index contributed by atoms with van der Waals surface area (Å²) in [6, 6.07) is 13.5. The SMILES string of the molecule is COc1cc(C(=O)N2Cc3cn[nH]c3C(C)(C)C2)cc(N2CCC(n3cc(-c4ccccc4)[nH]c3=O)CC2)n1. The second kappa shape index (κ2) is 9.76. The van der Waals surface area contributed by atoms with Crippen LogP contribution in [-0.4, -0.2) is 62.3 Å². The van der Waals surface area contributed by atoms with Gasteiger partial charge in [-0.1, -0.05) is 44.2 Å². The van der Waals surface area contributed by atoms with Crippen molar-refractivity contribution in [3.05, 3.63) is 82.2 Å². The molecular formula is C29H33N7O3. The van der Waals surface area contributed by atoms with Gasteiger partial charge in [-0.25, -0.2) is 4.79 Å². The quantitative estimate of drug-likeness (QED) is 0.409. The number of ether oxygens (including phenoxy) is 1. The number of methoxy groups -OCH3 is 1. The lowest BCUT2D eigenvalue weighted by atomic mass is 9.83. The number of pyridine rings is 1. The molecule has 4 aromatic rings. The lowest BCUT2D eigenvalue weighted by molar-refractivity contribution is 0.0684. The number of rotatable bonds is 5. The van der Waals surface area contributed by atoms with Crippen LogP contribution in [0.15, 0.2) is 59.7 Å². The summed E-state index contributed by atoms with van der Waals surface area (Å²) in [4.78, 5) is 38.1. The fourth-order valence-corrected chi connectivity index (χ4v) is 5.86. The summed E-state index contributed by atoms with van der Waals surface area (Å²) in [7, 11) is 1.57. The fourth-order valence-electron chi connectivity index (χ4n) is 5.86. The number of benzene rings is 1. The molecule has 1 amide bonds. The Morgan fingerprint density at radius 2 is 1.90 bits per heavy atom. The Morgan fingerprint density at radius 3 is 2.64 bits per heavy atom. The molecule has 2 aliphatic rings. The number of hydrogen-bond acceptors (Lipinski definition) is 6. The third-order valence-corrected chi connectivity index (χ3v) is 7.88. The molecular weight excluding hydrogens is 494 g/mol. The summed E-state index contributed by atoms with van der Waals surface area (Å²) in [6.45, 7) is 6.76. The highest BCUT2D eigenvalue weighted by Crippen LogP contribution is 2.33. The molecule has 1 fully saturated rings. The van der Waals surface area contributed by atoms with Gasteiger partial charge in [-0.15, -0.1) is 0 Å². The van der Waals surface area contributed by atoms with Crippen LogP contribution in [0.5, 0.6) is 5.88 Å². The highest BCUT2D eigenvalue weighted by Gasteiger charge is 2.36. The largest absolute Gasteiger partial charge is 0.481 e. The minimum atomic E-state index is -0.224. The highest BCUT2D eigenvalue weighted by molar-refractivity contribution is 5.95. The van der Waals surface area contributed by atoms with E-state index in [9.17, 15) is 9.59 Å². The number of piperidine rings is 1. The van der Waals surface area contributed by atoms with Gasteiger partial charge in [-0.05, 0) is 24.5 Å². The van der Waals surface area contributed by atoms with E-state index in [1.165, 1.54) is 0 Å². The molecule has 6 rings (SSSR count). The van der Waals surface area contributed by atoms with Crippen molar-refractivity contribution < 1.29 is 9.53 Å². The second-order valence-electron chi connectivity index (χ2n) is 11.0. The number of hydrogen-bond donors (Lipinski definition) is 2. The molecule has 0 spiro atoms. The first-order valence-corrected chi connectivity index (χ1v) is 13.3. The molecule has 2 aliphatic heterocycles. The molecule has 10 heteroatoms. The van der Waals surface area contributed by atoms with E-state index in [2.05, 4.69) is 38.9 Å². The number of anilines is 1. The molecule has 0 unspecified atom stereocenters. The van der Waals surface area contributed by atoms with Crippen molar-refractivity contribution in [2.75, 3.05) is 31.6 Å². The molecule has 0 atom stereocenters. The third kappa shape index (κ3) is 4.71. The van der Waals surface area contributed by atoms with Crippen molar-refractivity contribution in [2.45, 2.75) is 44.7 Å². The summed E-state index contributed by atoms with van der Waals surface area (Å²) in [5.41, 5.74) is 4.17. The Morgan fingerprint density at radius 1 is 1.13 bits per heavy atom. The molecule has 10 nitrogen and oxygen atoms in total. The van der Waals surface area contributed by atoms with Gasteiger partial charge >= 0.3 is 5.69 Å². The van der Waals surface area contributed by atoms with E-state index in [0.29, 0.717) is 43.4 Å². The number of imidazole rings is 1. The van der Waals surface area contributed by atoms with Crippen LogP contribution in [0.2, 0.25) is 0 Å². The maximum absolute atomic E-state index is 13.7. The van der Waals surface area contributed by atoms with E-state index in [1.807, 2.05) is 52.1 Å². The Balaban J connectivity index is 1.19. The third-order valence-electron chi connectivity index (χ3n) is 7.88. The first-order valence-electron chi connectivity index (χ1n) is 13.3. The van der Waals surface area contributed by atoms with Crippen molar-refractivity contribution >= 4 is 11.7 Å². The van der Waals surface area contributed by atoms with Gasteiger partial charge in [0.15, 0.2) is 0 Å². The van der Waals surface area contributed by atoms with Crippen LogP contribution in [0.25, 0.3) is 11.3 Å². The van der Waals surface area contributed by atoms with Gasteiger partial charge in [-0.2, -0.15) is 10.1 Å². The van der Waals surface area contributed by atoms with Crippen molar-refractivity contribution in [1.29, 1.82) is 0 Å². The molecule has 0 aliphatic carbocycles. The molecule has 1 saturated heterocycles. The zero-order chi connectivity index (χ0) is 27.1. The molecule has 0 bridgehead atoms. The standard InChI is InChI=1S/C29H33N7O3/c1-29(2)18-35(16-21-15-30-33-26(21)29)27(37)20-13-24(32-25(14-20)39-3)34-11-9-22(10-12-34)36-17-23(31-28(36)38)19-7-5-4-6-8-19/h4-8,13-15,17,22H,9-12,16,18H2,1-3H3,(H,30,33)(H,31,38). The molecule has 0 saturated carbocycles. The lowest BCUT2D eigenvalue weighted by Gasteiger charge is -2.37. The van der Waals surface area contributed by atoms with Gasteiger partial charge in [0.05, 0.1) is 19.0 Å². The Labute approximate surface area is 226 Å². The van der Waals surface area contributed by atoms with Crippen LogP contribution in [-0.2, 0) is 12.0 Å². The van der Waals surface area contributed by atoms with E-state index in [1.54, 1.807) is 19.4 Å². The van der Waals surface area contributed by atoms with Crippen molar-refractivity contribution in [1.82, 2.24) is 29.6 Å². The summed E-state index contributed by atoms with van der Waals surface area (Å²) >= 11 is 0. The van der Waals surface area contributed by atoms with E-state index >= 15 is 0 Å². The number of fused-ring (bicyclic) bond motifs is 1. The smallest absolute Gasteiger partial charge is 0.326 e. The number of amides is 1. The Hall–Kier alpha value is -4.34. The first-order chi connectivity index (χ1) is 18.8. The summed E-state index contributed by atoms with van der Waals surface area (Å²) in [5, 5.41) is 7.29. The zero-order valence-electron chi connectivity index (χ0n) is 22.5. The zero-order valence-corrected chi connectivity index (χ0v) is 22.5. The summed E-state index contributed by atoms with van der Waals surface area (Å²) in [6.07, 6.45) is 5.30. The van der Waals surface area contributed by atoms with Gasteiger partial charge < -0.3 is 19.5 Å². The van der Waals surface area contributed by atoms with E-state index < -0.39 is 0 Å². The maximum atomic E-state index is 13.7. The highest BCUT2D eigenvalue weighted by atomic mass is 16.5. The second-order valence-corrected chi connectivity index (χ2v) is 11.0. The molecule has 0 radical (unpaired) electrons. The molecule has 39 heavy (non-hydrogen) atoms. The van der Waals surface area contributed by atoms with Crippen LogP contribution in [0.4, 0.5) is 5.82 Å². The van der Waals surface area contributed by atoms with Gasteiger partial charge in [0.25, 0.3) is 5.91 Å². The molecule has 2 N–H and O–H groups in total. The minimum absolute atomic E-state index is 0.0564. The van der Waals surface area contributed by atoms with Crippen molar-refractivity contribution in [3.8, 4) is 17.1 Å². The first kappa shape index (κ1) is 25.0. The predicted octanol–water partition coefficient (Wildman–Crippen LogP) is 3.75. The van der Waals surface area contributed by atoms with Crippen molar-refractivity contribution in [3.63, 3.8) is 0 Å². The predicted molar refractivity (Wildman–Crippen MR) is 148 cm³/mol. The van der Waals surface area contributed by atoms with Crippen LogP contribution in [0.1, 0.15) is 54.3 Å². The number of aromatic amines is 2. The minimum Gasteiger partial charge on any atom is -0.481 e. The van der Waals surface area contributed by atoms with Gasteiger partial charge in [0, 0.05) is 66.7 Å². The molecule has 5 heterocycles. The van der Waals surface area contributed by atoms with Gasteiger partial charge in [0.2, 0.25) is 5.88 Å². The van der Waals surface area contributed by atoms with Crippen LogP contribution in [0.3, 0.4) is 0 Å². The Bertz CT molecular complexity index is 1540. The Kier molecular flexibility index (Phi) is 6.25. The average molecular weight is 528 g/mol. The molecule has 3 aromatic heterocycles. The van der Waals surface area contributed by atoms with E-state index in [-0.39, 0.29) is 23.1 Å². The number of aromatic nitrogens is 5. The topological polar surface area (TPSA) is 112 Å². The number of nitrogens with one attached hydrogen (secondary N) is 2. The van der Waals surface area contributed by atoms with Crippen LogP contribution in [0, 0.1) is 0 Å². The molecule has 202 valence electrons. The van der Waals surface area contributed by atoms with Gasteiger partial charge in [-0.3, -0.25) is 14.5 Å². The number of carbonyl (C=O) groups excluding carboxylic acids is 1. The average Bonchev–Trinajstić information content (AvgIpc) is 3.60. The van der Waals surface area contributed by atoms with Crippen LogP contribution >= 0.6 is 0 Å². The van der Waals surface area contributed by atoms with E-state index in [0.717, 1.165) is 35.4 Å². The van der Waals surface area contributed by atoms with Crippen LogP contribution < -0.4 is 15.3 Å². The van der Waals surface area contributed by atoms with Crippen molar-refractivity contribution in [2.24, 2.45) is 0 Å². The summed E-state index contributed by atoms with van der Waals surface area (Å²) in [5.74, 6) is 1.06. The maximum Gasteiger partial charge on any atom is 0.326 e.